The predicted octanol–water partition coefficient (Wildman–Crippen LogP) is 8.42. The lowest BCUT2D eigenvalue weighted by atomic mass is 10.2. The fourth-order valence-corrected chi connectivity index (χ4v) is 4.55. The number of rotatable bonds is 14. The quantitative estimate of drug-likeness (QED) is 0.0600. The number of hydrogen-bond donors (Lipinski definition) is 0. The van der Waals surface area contributed by atoms with Gasteiger partial charge in [0.15, 0.2) is 23.0 Å². The molecule has 0 bridgehead atoms. The molecule has 5 aromatic rings. The Labute approximate surface area is 292 Å². The maximum Gasteiger partial charge on any atom is 0.318 e. The highest BCUT2D eigenvalue weighted by atomic mass is 16.6. The Morgan fingerprint density at radius 2 is 0.827 bits per heavy atom. The lowest BCUT2D eigenvalue weighted by molar-refractivity contribution is -0.394. The molecule has 52 heavy (non-hydrogen) atoms. The second-order valence-corrected chi connectivity index (χ2v) is 10.4. The fourth-order valence-electron chi connectivity index (χ4n) is 4.55. The van der Waals surface area contributed by atoms with Crippen LogP contribution in [0, 0.1) is 40.5 Å². The summed E-state index contributed by atoms with van der Waals surface area (Å²) in [7, 11) is 2.78. The molecule has 18 nitrogen and oxygen atoms in total. The number of nitro benzene ring substituents is 4. The number of nitro groups is 4. The van der Waals surface area contributed by atoms with Crippen LogP contribution in [-0.4, -0.2) is 46.3 Å². The van der Waals surface area contributed by atoms with Crippen molar-refractivity contribution in [3.63, 3.8) is 0 Å². The molecule has 5 rings (SSSR count). The van der Waals surface area contributed by atoms with Gasteiger partial charge >= 0.3 is 11.4 Å². The number of aliphatic imine (C=N–C) groups is 2. The summed E-state index contributed by atoms with van der Waals surface area (Å²) in [5, 5.41) is 45.0. The van der Waals surface area contributed by atoms with Gasteiger partial charge in [-0.1, -0.05) is 0 Å². The van der Waals surface area contributed by atoms with Crippen LogP contribution in [0.3, 0.4) is 0 Å². The number of hydrogen-bond acceptors (Lipinski definition) is 14. The van der Waals surface area contributed by atoms with Gasteiger partial charge in [0.2, 0.25) is 11.5 Å². The molecular weight excluding hydrogens is 684 g/mol. The van der Waals surface area contributed by atoms with E-state index in [1.54, 1.807) is 61.0 Å². The lowest BCUT2D eigenvalue weighted by Crippen LogP contribution is -1.97. The average Bonchev–Trinajstić information content (AvgIpc) is 3.14. The zero-order chi connectivity index (χ0) is 37.4. The number of methoxy groups -OCH3 is 2. The normalized spacial score (nSPS) is 11.0. The summed E-state index contributed by atoms with van der Waals surface area (Å²) >= 11 is 0. The van der Waals surface area contributed by atoms with Crippen molar-refractivity contribution in [1.82, 2.24) is 0 Å². The van der Waals surface area contributed by atoms with Crippen molar-refractivity contribution >= 4 is 46.6 Å². The zero-order valence-corrected chi connectivity index (χ0v) is 27.0. The highest BCUT2D eigenvalue weighted by molar-refractivity contribution is 5.84. The Balaban J connectivity index is 1.25. The van der Waals surface area contributed by atoms with Gasteiger partial charge in [0.1, 0.15) is 0 Å². The molecule has 0 unspecified atom stereocenters. The zero-order valence-electron chi connectivity index (χ0n) is 27.0. The second-order valence-electron chi connectivity index (χ2n) is 10.4. The standard InChI is InChI=1S/C34H24N6O12/c1-49-33-15-21(3-11-31(33)51-29-13-9-25(37(41)42)17-27(29)39(45)46)19-35-23-5-7-24(8-6-23)36-20-22-4-12-32(34(16-22)50-2)52-30-14-10-26(38(43)44)18-28(30)40(47)48/h3-20H,1-2H3. The van der Waals surface area contributed by atoms with Crippen molar-refractivity contribution in [3.8, 4) is 34.5 Å². The van der Waals surface area contributed by atoms with E-state index < -0.39 is 42.4 Å². The predicted molar refractivity (Wildman–Crippen MR) is 187 cm³/mol. The van der Waals surface area contributed by atoms with Gasteiger partial charge in [-0.25, -0.2) is 0 Å². The van der Waals surface area contributed by atoms with Gasteiger partial charge in [-0.2, -0.15) is 0 Å². The van der Waals surface area contributed by atoms with Crippen molar-refractivity contribution in [2.75, 3.05) is 14.2 Å². The summed E-state index contributed by atoms with van der Waals surface area (Å²) in [6, 6.07) is 22.6. The van der Waals surface area contributed by atoms with Crippen LogP contribution in [0.25, 0.3) is 0 Å². The van der Waals surface area contributed by atoms with Gasteiger partial charge < -0.3 is 18.9 Å². The molecule has 0 aromatic heterocycles. The lowest BCUT2D eigenvalue weighted by Gasteiger charge is -2.11. The Kier molecular flexibility index (Phi) is 10.7. The largest absolute Gasteiger partial charge is 0.493 e. The van der Waals surface area contributed by atoms with Crippen molar-refractivity contribution < 1.29 is 38.6 Å². The highest BCUT2D eigenvalue weighted by Gasteiger charge is 2.23. The first-order chi connectivity index (χ1) is 24.9. The van der Waals surface area contributed by atoms with Crippen LogP contribution >= 0.6 is 0 Å². The van der Waals surface area contributed by atoms with Gasteiger partial charge in [-0.15, -0.1) is 0 Å². The van der Waals surface area contributed by atoms with Crippen molar-refractivity contribution in [2.24, 2.45) is 9.98 Å². The number of nitrogens with zero attached hydrogens (tertiary/aromatic N) is 6. The second kappa shape index (κ2) is 15.6. The number of benzene rings is 5. The van der Waals surface area contributed by atoms with Gasteiger partial charge in [0.05, 0.1) is 57.4 Å². The van der Waals surface area contributed by atoms with E-state index in [1.165, 1.54) is 26.4 Å². The summed E-state index contributed by atoms with van der Waals surface area (Å²) in [6.07, 6.45) is 3.14. The first-order valence-corrected chi connectivity index (χ1v) is 14.7. The van der Waals surface area contributed by atoms with E-state index in [0.29, 0.717) is 22.5 Å². The van der Waals surface area contributed by atoms with E-state index in [9.17, 15) is 40.5 Å². The molecule has 0 spiro atoms. The van der Waals surface area contributed by atoms with Crippen LogP contribution in [-0.2, 0) is 0 Å². The molecule has 0 aliphatic heterocycles. The van der Waals surface area contributed by atoms with E-state index in [1.807, 2.05) is 0 Å². The summed E-state index contributed by atoms with van der Waals surface area (Å²) < 4.78 is 22.1. The third kappa shape index (κ3) is 8.44. The highest BCUT2D eigenvalue weighted by Crippen LogP contribution is 2.40. The maximum absolute atomic E-state index is 11.5. The molecule has 0 saturated carbocycles. The van der Waals surface area contributed by atoms with Gasteiger partial charge in [-0.05, 0) is 83.9 Å². The maximum atomic E-state index is 11.5. The Bertz CT molecular complexity index is 2100. The minimum atomic E-state index is -0.775. The van der Waals surface area contributed by atoms with Crippen molar-refractivity contribution in [3.05, 3.63) is 149 Å². The molecule has 262 valence electrons. The van der Waals surface area contributed by atoms with Gasteiger partial charge in [0.25, 0.3) is 11.4 Å². The molecule has 18 heteroatoms. The van der Waals surface area contributed by atoms with E-state index in [4.69, 9.17) is 18.9 Å². The van der Waals surface area contributed by atoms with Gasteiger partial charge in [0, 0.05) is 24.6 Å². The van der Waals surface area contributed by atoms with Crippen LogP contribution in [0.4, 0.5) is 34.1 Å². The molecule has 0 fully saturated rings. The minimum absolute atomic E-state index is 0.145. The Hall–Kier alpha value is -7.76. The first-order valence-electron chi connectivity index (χ1n) is 14.7. The van der Waals surface area contributed by atoms with E-state index >= 15 is 0 Å². The number of non-ortho nitro benzene ring substituents is 2. The number of ether oxygens (including phenoxy) is 4. The van der Waals surface area contributed by atoms with Crippen LogP contribution in [0.1, 0.15) is 11.1 Å². The van der Waals surface area contributed by atoms with E-state index in [0.717, 1.165) is 36.4 Å². The molecule has 0 atom stereocenters. The Morgan fingerprint density at radius 3 is 1.15 bits per heavy atom. The summed E-state index contributed by atoms with van der Waals surface area (Å²) in [4.78, 5) is 50.9. The molecule has 0 radical (unpaired) electrons. The molecule has 0 amide bonds. The van der Waals surface area contributed by atoms with Crippen LogP contribution in [0.2, 0.25) is 0 Å². The summed E-state index contributed by atoms with van der Waals surface area (Å²) in [5.41, 5.74) is 0.394. The summed E-state index contributed by atoms with van der Waals surface area (Å²) in [6.45, 7) is 0. The monoisotopic (exact) mass is 708 g/mol. The third-order valence-electron chi connectivity index (χ3n) is 7.09. The molecule has 0 heterocycles. The smallest absolute Gasteiger partial charge is 0.318 e. The fraction of sp³-hybridized carbons (Fsp3) is 0.0588. The molecule has 0 N–H and O–H groups in total. The van der Waals surface area contributed by atoms with Gasteiger partial charge in [-0.3, -0.25) is 50.4 Å². The topological polar surface area (TPSA) is 234 Å². The van der Waals surface area contributed by atoms with Crippen LogP contribution in [0.15, 0.2) is 107 Å². The van der Waals surface area contributed by atoms with Crippen LogP contribution in [0.5, 0.6) is 34.5 Å². The third-order valence-corrected chi connectivity index (χ3v) is 7.09. The molecule has 0 saturated heterocycles. The Morgan fingerprint density at radius 1 is 0.462 bits per heavy atom. The van der Waals surface area contributed by atoms with Crippen molar-refractivity contribution in [1.29, 1.82) is 0 Å². The SMILES string of the molecule is COc1cc(C=Nc2ccc(N=Cc3ccc(Oc4ccc([N+](=O)[O-])cc4[N+](=O)[O-])c(OC)c3)cc2)ccc1Oc1ccc([N+](=O)[O-])cc1[N+](=O)[O-]. The van der Waals surface area contributed by atoms with Crippen LogP contribution < -0.4 is 18.9 Å². The molecule has 5 aromatic carbocycles. The molecule has 0 aliphatic carbocycles. The van der Waals surface area contributed by atoms with E-state index in [2.05, 4.69) is 9.98 Å². The molecule has 0 aliphatic rings. The summed E-state index contributed by atoms with van der Waals surface area (Å²) in [5.74, 6) is 0.377. The minimum Gasteiger partial charge on any atom is -0.493 e. The first kappa shape index (κ1) is 35.5. The van der Waals surface area contributed by atoms with E-state index in [-0.39, 0.29) is 34.5 Å². The van der Waals surface area contributed by atoms with Crippen molar-refractivity contribution in [2.45, 2.75) is 0 Å². The molecular formula is C34H24N6O12. The average molecular weight is 709 g/mol.